The van der Waals surface area contributed by atoms with E-state index in [1.54, 1.807) is 6.26 Å². The molecule has 0 aromatic carbocycles. The van der Waals surface area contributed by atoms with E-state index in [1.165, 1.54) is 17.7 Å². The van der Waals surface area contributed by atoms with E-state index in [0.717, 1.165) is 5.76 Å². The average molecular weight is 197 g/mol. The van der Waals surface area contributed by atoms with Gasteiger partial charge in [0.2, 0.25) is 0 Å². The molecule has 1 N–H and O–H groups in total. The molecule has 2 nitrogen and oxygen atoms in total. The van der Waals surface area contributed by atoms with Crippen LogP contribution in [0.15, 0.2) is 16.7 Å². The van der Waals surface area contributed by atoms with Gasteiger partial charge in [0.25, 0.3) is 0 Å². The van der Waals surface area contributed by atoms with Crippen LogP contribution in [-0.2, 0) is 0 Å². The molecule has 0 radical (unpaired) electrons. The molecular formula is C10H15NOS. The molecule has 72 valence electrons. The van der Waals surface area contributed by atoms with E-state index in [0.29, 0.717) is 11.4 Å². The van der Waals surface area contributed by atoms with Gasteiger partial charge in [-0.2, -0.15) is 0 Å². The third kappa shape index (κ3) is 1.76. The van der Waals surface area contributed by atoms with Crippen molar-refractivity contribution in [3.8, 4) is 0 Å². The second-order valence-electron chi connectivity index (χ2n) is 3.45. The van der Waals surface area contributed by atoms with Gasteiger partial charge in [0, 0.05) is 11.8 Å². The van der Waals surface area contributed by atoms with Gasteiger partial charge in [0.15, 0.2) is 0 Å². The summed E-state index contributed by atoms with van der Waals surface area (Å²) < 4.78 is 5.46. The molecule has 1 aromatic heterocycles. The molecule has 0 amide bonds. The first kappa shape index (κ1) is 9.16. The first-order chi connectivity index (χ1) is 6.31. The summed E-state index contributed by atoms with van der Waals surface area (Å²) in [4.78, 5) is 0. The van der Waals surface area contributed by atoms with Crippen molar-refractivity contribution in [2.75, 3.05) is 5.75 Å². The van der Waals surface area contributed by atoms with Gasteiger partial charge in [-0.3, -0.25) is 5.32 Å². The molecule has 0 bridgehead atoms. The zero-order valence-corrected chi connectivity index (χ0v) is 8.86. The minimum Gasteiger partial charge on any atom is -0.466 e. The fraction of sp³-hybridized carbons (Fsp3) is 0.600. The summed E-state index contributed by atoms with van der Waals surface area (Å²) in [6.07, 6.45) is 2.97. The number of rotatable bonds is 2. The Hall–Kier alpha value is -0.410. The van der Waals surface area contributed by atoms with Crippen LogP contribution >= 0.6 is 11.8 Å². The SMILES string of the molecule is CCC1CSC(c2occc2C)N1. The molecule has 1 aromatic rings. The molecule has 2 heterocycles. The maximum absolute atomic E-state index is 5.46. The number of nitrogens with one attached hydrogen (secondary N) is 1. The standard InChI is InChI=1S/C10H15NOS/c1-3-8-6-13-10(11-8)9-7(2)4-5-12-9/h4-5,8,10-11H,3,6H2,1-2H3. The van der Waals surface area contributed by atoms with Gasteiger partial charge < -0.3 is 4.42 Å². The molecule has 0 spiro atoms. The lowest BCUT2D eigenvalue weighted by Crippen LogP contribution is -2.24. The van der Waals surface area contributed by atoms with Crippen molar-refractivity contribution in [2.24, 2.45) is 0 Å². The molecule has 13 heavy (non-hydrogen) atoms. The number of hydrogen-bond acceptors (Lipinski definition) is 3. The Kier molecular flexibility index (Phi) is 2.65. The molecule has 1 aliphatic heterocycles. The summed E-state index contributed by atoms with van der Waals surface area (Å²) >= 11 is 1.94. The molecule has 1 fully saturated rings. The van der Waals surface area contributed by atoms with E-state index in [9.17, 15) is 0 Å². The minimum absolute atomic E-state index is 0.375. The van der Waals surface area contributed by atoms with Crippen LogP contribution in [0.4, 0.5) is 0 Å². The molecular weight excluding hydrogens is 182 g/mol. The first-order valence-corrected chi connectivity index (χ1v) is 5.77. The predicted octanol–water partition coefficient (Wildman–Crippen LogP) is 2.70. The van der Waals surface area contributed by atoms with Crippen molar-refractivity contribution in [2.45, 2.75) is 31.7 Å². The summed E-state index contributed by atoms with van der Waals surface area (Å²) in [7, 11) is 0. The number of thioether (sulfide) groups is 1. The second-order valence-corrected chi connectivity index (χ2v) is 4.59. The van der Waals surface area contributed by atoms with E-state index in [-0.39, 0.29) is 0 Å². The van der Waals surface area contributed by atoms with Crippen LogP contribution < -0.4 is 5.32 Å². The summed E-state index contributed by atoms with van der Waals surface area (Å²) in [5.74, 6) is 2.29. The summed E-state index contributed by atoms with van der Waals surface area (Å²) in [5, 5.41) is 3.93. The highest BCUT2D eigenvalue weighted by molar-refractivity contribution is 7.99. The van der Waals surface area contributed by atoms with Gasteiger partial charge in [-0.1, -0.05) is 6.92 Å². The Labute approximate surface area is 83.1 Å². The third-order valence-electron chi connectivity index (χ3n) is 2.48. The van der Waals surface area contributed by atoms with E-state index in [2.05, 4.69) is 19.2 Å². The van der Waals surface area contributed by atoms with Gasteiger partial charge in [-0.15, -0.1) is 11.8 Å². The molecule has 2 atom stereocenters. The van der Waals surface area contributed by atoms with Crippen LogP contribution in [0.2, 0.25) is 0 Å². The Balaban J connectivity index is 2.08. The van der Waals surface area contributed by atoms with Gasteiger partial charge >= 0.3 is 0 Å². The highest BCUT2D eigenvalue weighted by Gasteiger charge is 2.27. The van der Waals surface area contributed by atoms with Crippen LogP contribution in [0.1, 0.15) is 30.0 Å². The number of aryl methyl sites for hydroxylation is 1. The molecule has 2 rings (SSSR count). The van der Waals surface area contributed by atoms with Crippen molar-refractivity contribution in [1.29, 1.82) is 0 Å². The highest BCUT2D eigenvalue weighted by atomic mass is 32.2. The van der Waals surface area contributed by atoms with Gasteiger partial charge in [0.05, 0.1) is 6.26 Å². The molecule has 1 saturated heterocycles. The van der Waals surface area contributed by atoms with E-state index >= 15 is 0 Å². The molecule has 1 aliphatic rings. The molecule has 0 saturated carbocycles. The quantitative estimate of drug-likeness (QED) is 0.789. The number of furan rings is 1. The monoisotopic (exact) mass is 197 g/mol. The molecule has 0 aliphatic carbocycles. The summed E-state index contributed by atoms with van der Waals surface area (Å²) in [6.45, 7) is 4.32. The Morgan fingerprint density at radius 1 is 1.69 bits per heavy atom. The Bertz CT molecular complexity index is 284. The lowest BCUT2D eigenvalue weighted by Gasteiger charge is -2.09. The van der Waals surface area contributed by atoms with Gasteiger partial charge in [-0.25, -0.2) is 0 Å². The fourth-order valence-electron chi connectivity index (χ4n) is 1.56. The topological polar surface area (TPSA) is 25.2 Å². The second kappa shape index (κ2) is 3.76. The highest BCUT2D eigenvalue weighted by Crippen LogP contribution is 2.35. The van der Waals surface area contributed by atoms with E-state index in [1.807, 2.05) is 17.8 Å². The predicted molar refractivity (Wildman–Crippen MR) is 55.9 cm³/mol. The van der Waals surface area contributed by atoms with Crippen molar-refractivity contribution in [1.82, 2.24) is 5.32 Å². The lowest BCUT2D eigenvalue weighted by molar-refractivity contribution is 0.458. The smallest absolute Gasteiger partial charge is 0.133 e. The van der Waals surface area contributed by atoms with Gasteiger partial charge in [0.1, 0.15) is 11.1 Å². The Morgan fingerprint density at radius 2 is 2.54 bits per heavy atom. The van der Waals surface area contributed by atoms with Crippen molar-refractivity contribution < 1.29 is 4.42 Å². The van der Waals surface area contributed by atoms with Crippen molar-refractivity contribution in [3.63, 3.8) is 0 Å². The van der Waals surface area contributed by atoms with Crippen molar-refractivity contribution >= 4 is 11.8 Å². The number of hydrogen-bond donors (Lipinski definition) is 1. The van der Waals surface area contributed by atoms with E-state index in [4.69, 9.17) is 4.42 Å². The normalized spacial score (nSPS) is 28.2. The van der Waals surface area contributed by atoms with Crippen LogP contribution in [0.5, 0.6) is 0 Å². The zero-order chi connectivity index (χ0) is 9.26. The summed E-state index contributed by atoms with van der Waals surface area (Å²) in [5.41, 5.74) is 1.25. The lowest BCUT2D eigenvalue weighted by atomic mass is 10.2. The maximum atomic E-state index is 5.46. The van der Waals surface area contributed by atoms with Gasteiger partial charge in [-0.05, 0) is 25.0 Å². The van der Waals surface area contributed by atoms with Crippen LogP contribution in [0.3, 0.4) is 0 Å². The van der Waals surface area contributed by atoms with Crippen LogP contribution in [0.25, 0.3) is 0 Å². The zero-order valence-electron chi connectivity index (χ0n) is 8.04. The first-order valence-electron chi connectivity index (χ1n) is 4.73. The molecule has 2 unspecified atom stereocenters. The fourth-order valence-corrected chi connectivity index (χ4v) is 3.00. The summed E-state index contributed by atoms with van der Waals surface area (Å²) in [6, 6.07) is 2.68. The average Bonchev–Trinajstić information content (AvgIpc) is 2.71. The molecule has 3 heteroatoms. The third-order valence-corrected chi connectivity index (χ3v) is 3.76. The largest absolute Gasteiger partial charge is 0.466 e. The van der Waals surface area contributed by atoms with Crippen molar-refractivity contribution in [3.05, 3.63) is 23.7 Å². The van der Waals surface area contributed by atoms with E-state index < -0.39 is 0 Å². The Morgan fingerprint density at radius 3 is 3.08 bits per heavy atom. The minimum atomic E-state index is 0.375. The maximum Gasteiger partial charge on any atom is 0.133 e. The van der Waals surface area contributed by atoms with Crippen LogP contribution in [0, 0.1) is 6.92 Å². The van der Waals surface area contributed by atoms with Crippen LogP contribution in [-0.4, -0.2) is 11.8 Å².